The summed E-state index contributed by atoms with van der Waals surface area (Å²) >= 11 is 0. The highest BCUT2D eigenvalue weighted by molar-refractivity contribution is 5.68. The molecule has 1 amide bonds. The van der Waals surface area contributed by atoms with Gasteiger partial charge in [-0.1, -0.05) is 6.07 Å². The van der Waals surface area contributed by atoms with Gasteiger partial charge in [0.25, 0.3) is 0 Å². The second-order valence-electron chi connectivity index (χ2n) is 7.90. The first-order valence-corrected chi connectivity index (χ1v) is 9.09. The van der Waals surface area contributed by atoms with Crippen molar-refractivity contribution in [2.24, 2.45) is 0 Å². The Morgan fingerprint density at radius 3 is 2.64 bits per heavy atom. The minimum atomic E-state index is -0.364. The minimum absolute atomic E-state index is 0.0564. The molecule has 0 bridgehead atoms. The maximum absolute atomic E-state index is 11.8. The van der Waals surface area contributed by atoms with Crippen molar-refractivity contribution in [1.82, 2.24) is 10.3 Å². The lowest BCUT2D eigenvalue weighted by molar-refractivity contribution is -0.0267. The summed E-state index contributed by atoms with van der Waals surface area (Å²) in [6.07, 6.45) is 4.81. The van der Waals surface area contributed by atoms with Gasteiger partial charge in [0.05, 0.1) is 0 Å². The summed E-state index contributed by atoms with van der Waals surface area (Å²) < 4.78 is 16.9. The van der Waals surface area contributed by atoms with Crippen LogP contribution in [0.5, 0.6) is 5.88 Å². The van der Waals surface area contributed by atoms with E-state index in [1.54, 1.807) is 6.20 Å². The van der Waals surface area contributed by atoms with E-state index in [1.807, 2.05) is 26.8 Å². The number of aromatic nitrogens is 1. The molecule has 0 radical (unpaired) electrons. The average molecular weight is 348 g/mol. The van der Waals surface area contributed by atoms with E-state index >= 15 is 0 Å². The smallest absolute Gasteiger partial charge is 0.407 e. The van der Waals surface area contributed by atoms with E-state index < -0.39 is 0 Å². The number of carbonyl (C=O) groups excluding carboxylic acids is 1. The van der Waals surface area contributed by atoms with Crippen LogP contribution in [-0.4, -0.2) is 42.0 Å². The number of hydrogen-bond acceptors (Lipinski definition) is 5. The zero-order chi connectivity index (χ0) is 17.9. The summed E-state index contributed by atoms with van der Waals surface area (Å²) in [5.74, 6) is 1.17. The lowest BCUT2D eigenvalue weighted by atomic mass is 9.90. The molecule has 1 N–H and O–H groups in total. The predicted octanol–water partition coefficient (Wildman–Crippen LogP) is 3.41. The lowest BCUT2D eigenvalue weighted by Crippen LogP contribution is -2.46. The second-order valence-corrected chi connectivity index (χ2v) is 7.90. The zero-order valence-electron chi connectivity index (χ0n) is 15.3. The molecule has 0 atom stereocenters. The molecule has 1 saturated carbocycles. The molecule has 0 spiro atoms. The molecule has 1 aliphatic heterocycles. The number of nitrogens with one attached hydrogen (secondary N) is 1. The van der Waals surface area contributed by atoms with Crippen LogP contribution < -0.4 is 10.1 Å². The molecule has 0 unspecified atom stereocenters. The molecule has 1 aromatic heterocycles. The van der Waals surface area contributed by atoms with Crippen molar-refractivity contribution in [3.63, 3.8) is 0 Å². The third-order valence-electron chi connectivity index (χ3n) is 4.54. The molecule has 6 heteroatoms. The van der Waals surface area contributed by atoms with Crippen LogP contribution in [0.2, 0.25) is 0 Å². The lowest BCUT2D eigenvalue weighted by Gasteiger charge is -2.35. The van der Waals surface area contributed by atoms with Crippen molar-refractivity contribution >= 4 is 6.09 Å². The first-order valence-electron chi connectivity index (χ1n) is 9.09. The molecule has 1 aliphatic carbocycles. The quantitative estimate of drug-likeness (QED) is 0.903. The molecule has 25 heavy (non-hydrogen) atoms. The molecule has 1 aromatic rings. The van der Waals surface area contributed by atoms with E-state index in [1.165, 1.54) is 5.56 Å². The minimum Gasteiger partial charge on any atom is -0.474 e. The number of nitrogens with zero attached hydrogens (tertiary/aromatic N) is 1. The summed E-state index contributed by atoms with van der Waals surface area (Å²) in [5.41, 5.74) is 0.879. The number of carbonyl (C=O) groups is 1. The Labute approximate surface area is 149 Å². The van der Waals surface area contributed by atoms with Crippen LogP contribution in [0.3, 0.4) is 0 Å². The molecular formula is C19H28N2O4. The number of pyridine rings is 1. The Kier molecular flexibility index (Phi) is 5.47. The first-order chi connectivity index (χ1) is 11.9. The number of amides is 1. The average Bonchev–Trinajstić information content (AvgIpc) is 2.52. The van der Waals surface area contributed by atoms with Crippen molar-refractivity contribution in [2.75, 3.05) is 13.2 Å². The largest absolute Gasteiger partial charge is 0.474 e. The second kappa shape index (κ2) is 7.60. The maximum Gasteiger partial charge on any atom is 0.407 e. The summed E-state index contributed by atoms with van der Waals surface area (Å²) in [6.45, 7) is 7.38. The van der Waals surface area contributed by atoms with Crippen molar-refractivity contribution in [2.45, 2.75) is 70.1 Å². The van der Waals surface area contributed by atoms with Crippen LogP contribution in [0.4, 0.5) is 4.79 Å². The Hall–Kier alpha value is -1.82. The van der Waals surface area contributed by atoms with Crippen LogP contribution in [0.1, 0.15) is 57.9 Å². The van der Waals surface area contributed by atoms with E-state index in [2.05, 4.69) is 16.4 Å². The fourth-order valence-corrected chi connectivity index (χ4v) is 3.18. The van der Waals surface area contributed by atoms with E-state index in [9.17, 15) is 4.79 Å². The molecule has 6 nitrogen and oxygen atoms in total. The SMILES string of the molecule is CC(C)(C)NC(=O)OC1CC(Oc2ncccc2C2CCOCC2)C1. The Morgan fingerprint density at radius 1 is 1.24 bits per heavy atom. The third-order valence-corrected chi connectivity index (χ3v) is 4.54. The Morgan fingerprint density at radius 2 is 1.96 bits per heavy atom. The Balaban J connectivity index is 1.49. The van der Waals surface area contributed by atoms with Gasteiger partial charge in [-0.25, -0.2) is 9.78 Å². The van der Waals surface area contributed by atoms with Gasteiger partial charge in [0.2, 0.25) is 5.88 Å². The van der Waals surface area contributed by atoms with E-state index in [-0.39, 0.29) is 23.8 Å². The molecule has 138 valence electrons. The van der Waals surface area contributed by atoms with Gasteiger partial charge in [-0.05, 0) is 45.6 Å². The summed E-state index contributed by atoms with van der Waals surface area (Å²) in [6, 6.07) is 4.06. The van der Waals surface area contributed by atoms with Gasteiger partial charge in [-0.2, -0.15) is 0 Å². The summed E-state index contributed by atoms with van der Waals surface area (Å²) in [5, 5.41) is 2.81. The summed E-state index contributed by atoms with van der Waals surface area (Å²) in [4.78, 5) is 16.2. The van der Waals surface area contributed by atoms with Crippen LogP contribution in [0.15, 0.2) is 18.3 Å². The molecule has 2 aliphatic rings. The maximum atomic E-state index is 11.8. The predicted molar refractivity (Wildman–Crippen MR) is 93.8 cm³/mol. The van der Waals surface area contributed by atoms with E-state index in [0.717, 1.165) is 31.9 Å². The number of ether oxygens (including phenoxy) is 3. The van der Waals surface area contributed by atoms with Gasteiger partial charge in [-0.3, -0.25) is 0 Å². The number of rotatable bonds is 4. The molecule has 3 rings (SSSR count). The van der Waals surface area contributed by atoms with Gasteiger partial charge >= 0.3 is 6.09 Å². The molecule has 1 saturated heterocycles. The zero-order valence-corrected chi connectivity index (χ0v) is 15.3. The monoisotopic (exact) mass is 348 g/mol. The van der Waals surface area contributed by atoms with Crippen LogP contribution in [-0.2, 0) is 9.47 Å². The molecular weight excluding hydrogens is 320 g/mol. The highest BCUT2D eigenvalue weighted by Crippen LogP contribution is 2.35. The standard InChI is InChI=1S/C19H28N2O4/c1-19(2,3)21-18(22)25-15-11-14(12-15)24-17-16(5-4-8-20-17)13-6-9-23-10-7-13/h4-5,8,13-15H,6-7,9-12H2,1-3H3,(H,21,22). The van der Waals surface area contributed by atoms with Gasteiger partial charge < -0.3 is 19.5 Å². The van der Waals surface area contributed by atoms with E-state index in [4.69, 9.17) is 14.2 Å². The normalized spacial score (nSPS) is 24.3. The van der Waals surface area contributed by atoms with Crippen LogP contribution in [0.25, 0.3) is 0 Å². The van der Waals surface area contributed by atoms with Crippen molar-refractivity contribution in [3.05, 3.63) is 23.9 Å². The van der Waals surface area contributed by atoms with Gasteiger partial charge in [0.15, 0.2) is 0 Å². The van der Waals surface area contributed by atoms with Crippen LogP contribution >= 0.6 is 0 Å². The van der Waals surface area contributed by atoms with Crippen molar-refractivity contribution in [3.8, 4) is 5.88 Å². The van der Waals surface area contributed by atoms with Crippen molar-refractivity contribution < 1.29 is 19.0 Å². The van der Waals surface area contributed by atoms with Gasteiger partial charge in [0, 0.05) is 43.4 Å². The highest BCUT2D eigenvalue weighted by atomic mass is 16.6. The first kappa shape index (κ1) is 18.0. The van der Waals surface area contributed by atoms with Crippen molar-refractivity contribution in [1.29, 1.82) is 0 Å². The van der Waals surface area contributed by atoms with Gasteiger partial charge in [0.1, 0.15) is 12.2 Å². The molecule has 0 aromatic carbocycles. The van der Waals surface area contributed by atoms with Crippen LogP contribution in [0, 0.1) is 0 Å². The topological polar surface area (TPSA) is 69.7 Å². The third kappa shape index (κ3) is 5.08. The fourth-order valence-electron chi connectivity index (χ4n) is 3.18. The highest BCUT2D eigenvalue weighted by Gasteiger charge is 2.35. The fraction of sp³-hybridized carbons (Fsp3) is 0.684. The van der Waals surface area contributed by atoms with Gasteiger partial charge in [-0.15, -0.1) is 0 Å². The molecule has 2 fully saturated rings. The molecule has 2 heterocycles. The number of alkyl carbamates (subject to hydrolysis) is 1. The Bertz CT molecular complexity index is 587. The number of hydrogen-bond donors (Lipinski definition) is 1. The van der Waals surface area contributed by atoms with E-state index in [0.29, 0.717) is 18.8 Å². The summed E-state index contributed by atoms with van der Waals surface area (Å²) in [7, 11) is 0.